The molecule has 2 aromatic rings. The largest absolute Gasteiger partial charge is 0.367 e. The molecular formula is C25H36N4O3S. The molecule has 1 amide bonds. The average molecular weight is 473 g/mol. The second kappa shape index (κ2) is 10.6. The van der Waals surface area contributed by atoms with Gasteiger partial charge in [-0.25, -0.2) is 8.42 Å². The van der Waals surface area contributed by atoms with Gasteiger partial charge in [-0.05, 0) is 68.1 Å². The third-order valence-electron chi connectivity index (χ3n) is 6.22. The van der Waals surface area contributed by atoms with Crippen LogP contribution >= 0.6 is 0 Å². The number of carbonyl (C=O) groups is 1. The van der Waals surface area contributed by atoms with Gasteiger partial charge in [0.15, 0.2) is 0 Å². The van der Waals surface area contributed by atoms with Gasteiger partial charge in [-0.15, -0.1) is 0 Å². The van der Waals surface area contributed by atoms with Crippen LogP contribution in [0.1, 0.15) is 46.8 Å². The van der Waals surface area contributed by atoms with Gasteiger partial charge in [0.25, 0.3) is 15.9 Å². The summed E-state index contributed by atoms with van der Waals surface area (Å²) in [6.07, 6.45) is 1.92. The Hall–Kier alpha value is -2.58. The molecule has 1 heterocycles. The highest BCUT2D eigenvalue weighted by atomic mass is 32.2. The Balaban J connectivity index is 2.01. The van der Waals surface area contributed by atoms with Gasteiger partial charge in [-0.1, -0.05) is 19.4 Å². The number of amides is 1. The predicted octanol–water partition coefficient (Wildman–Crippen LogP) is 3.69. The third-order valence-corrected chi connectivity index (χ3v) is 7.73. The standard InChI is InChI=1S/C25H36N4O3S/c1-6-7-12-28(5)25(30)21-8-9-23(29-13-10-26-11-14-29)22(17-21)27-33(31,32)24-16-19(3)18(2)15-20(24)4/h8-9,15-17,26-27H,6-7,10-14H2,1-5H3. The van der Waals surface area contributed by atoms with Crippen molar-refractivity contribution < 1.29 is 13.2 Å². The molecule has 0 bridgehead atoms. The molecule has 1 saturated heterocycles. The summed E-state index contributed by atoms with van der Waals surface area (Å²) < 4.78 is 29.7. The maximum atomic E-state index is 13.4. The topological polar surface area (TPSA) is 81.8 Å². The normalized spacial score (nSPS) is 14.3. The van der Waals surface area contributed by atoms with Crippen molar-refractivity contribution in [2.24, 2.45) is 0 Å². The third kappa shape index (κ3) is 5.86. The lowest BCUT2D eigenvalue weighted by Gasteiger charge is -2.31. The van der Waals surface area contributed by atoms with Crippen LogP contribution in [0.3, 0.4) is 0 Å². The van der Waals surface area contributed by atoms with Gasteiger partial charge in [-0.2, -0.15) is 0 Å². The monoisotopic (exact) mass is 472 g/mol. The molecule has 0 saturated carbocycles. The lowest BCUT2D eigenvalue weighted by atomic mass is 10.1. The van der Waals surface area contributed by atoms with E-state index in [0.717, 1.165) is 55.8 Å². The van der Waals surface area contributed by atoms with E-state index >= 15 is 0 Å². The minimum absolute atomic E-state index is 0.113. The number of nitrogens with zero attached hydrogens (tertiary/aromatic N) is 2. The van der Waals surface area contributed by atoms with E-state index in [1.54, 1.807) is 37.1 Å². The number of rotatable bonds is 8. The second-order valence-corrected chi connectivity index (χ2v) is 10.5. The summed E-state index contributed by atoms with van der Waals surface area (Å²) in [7, 11) is -2.06. The molecule has 0 spiro atoms. The number of benzene rings is 2. The number of carbonyl (C=O) groups excluding carboxylic acids is 1. The van der Waals surface area contributed by atoms with Crippen molar-refractivity contribution in [2.45, 2.75) is 45.4 Å². The summed E-state index contributed by atoms with van der Waals surface area (Å²) in [6.45, 7) is 11.6. The fourth-order valence-electron chi connectivity index (χ4n) is 4.07. The highest BCUT2D eigenvalue weighted by Gasteiger charge is 2.23. The molecule has 0 aliphatic carbocycles. The van der Waals surface area contributed by atoms with Crippen LogP contribution in [0.5, 0.6) is 0 Å². The van der Waals surface area contributed by atoms with E-state index in [0.29, 0.717) is 23.4 Å². The Kier molecular flexibility index (Phi) is 8.02. The van der Waals surface area contributed by atoms with Crippen LogP contribution < -0.4 is 14.9 Å². The maximum Gasteiger partial charge on any atom is 0.262 e. The molecule has 0 atom stereocenters. The van der Waals surface area contributed by atoms with E-state index in [1.807, 2.05) is 26.0 Å². The van der Waals surface area contributed by atoms with Crippen molar-refractivity contribution in [3.63, 3.8) is 0 Å². The molecule has 33 heavy (non-hydrogen) atoms. The Morgan fingerprint density at radius 3 is 2.39 bits per heavy atom. The van der Waals surface area contributed by atoms with E-state index < -0.39 is 10.0 Å². The van der Waals surface area contributed by atoms with Gasteiger partial charge < -0.3 is 15.1 Å². The van der Waals surface area contributed by atoms with Gasteiger partial charge in [0, 0.05) is 45.3 Å². The van der Waals surface area contributed by atoms with Crippen LogP contribution in [0.2, 0.25) is 0 Å². The summed E-state index contributed by atoms with van der Waals surface area (Å²) in [4.78, 5) is 17.1. The summed E-state index contributed by atoms with van der Waals surface area (Å²) in [5.41, 5.74) is 4.36. The van der Waals surface area contributed by atoms with Crippen LogP contribution in [0.4, 0.5) is 11.4 Å². The van der Waals surface area contributed by atoms with Crippen molar-refractivity contribution in [1.29, 1.82) is 0 Å². The van der Waals surface area contributed by atoms with Crippen LogP contribution in [0.25, 0.3) is 0 Å². The van der Waals surface area contributed by atoms with E-state index in [-0.39, 0.29) is 10.8 Å². The lowest BCUT2D eigenvalue weighted by molar-refractivity contribution is 0.0793. The summed E-state index contributed by atoms with van der Waals surface area (Å²) in [5.74, 6) is -0.113. The zero-order valence-electron chi connectivity index (χ0n) is 20.4. The van der Waals surface area contributed by atoms with Gasteiger partial charge in [-0.3, -0.25) is 9.52 Å². The molecule has 0 aromatic heterocycles. The Bertz CT molecular complexity index is 1110. The number of anilines is 2. The van der Waals surface area contributed by atoms with Gasteiger partial charge in [0.1, 0.15) is 0 Å². The average Bonchev–Trinajstić information content (AvgIpc) is 2.79. The minimum Gasteiger partial charge on any atom is -0.367 e. The van der Waals surface area contributed by atoms with Crippen molar-refractivity contribution in [1.82, 2.24) is 10.2 Å². The van der Waals surface area contributed by atoms with Gasteiger partial charge >= 0.3 is 0 Å². The maximum absolute atomic E-state index is 13.4. The number of sulfonamides is 1. The van der Waals surface area contributed by atoms with Crippen LogP contribution in [0, 0.1) is 20.8 Å². The summed E-state index contributed by atoms with van der Waals surface area (Å²) >= 11 is 0. The van der Waals surface area contributed by atoms with Crippen molar-refractivity contribution in [2.75, 3.05) is 49.4 Å². The Morgan fingerprint density at radius 1 is 1.06 bits per heavy atom. The van der Waals surface area contributed by atoms with Gasteiger partial charge in [0.05, 0.1) is 16.3 Å². The predicted molar refractivity (Wildman–Crippen MR) is 135 cm³/mol. The zero-order valence-corrected chi connectivity index (χ0v) is 21.2. The highest BCUT2D eigenvalue weighted by molar-refractivity contribution is 7.92. The number of hydrogen-bond acceptors (Lipinski definition) is 5. The molecule has 7 nitrogen and oxygen atoms in total. The van der Waals surface area contributed by atoms with Crippen LogP contribution in [-0.2, 0) is 10.0 Å². The number of piperazine rings is 1. The molecular weight excluding hydrogens is 436 g/mol. The number of aryl methyl sites for hydroxylation is 3. The van der Waals surface area contributed by atoms with E-state index in [9.17, 15) is 13.2 Å². The smallest absolute Gasteiger partial charge is 0.262 e. The molecule has 2 aromatic carbocycles. The van der Waals surface area contributed by atoms with Crippen molar-refractivity contribution in [3.8, 4) is 0 Å². The van der Waals surface area contributed by atoms with Crippen molar-refractivity contribution in [3.05, 3.63) is 52.6 Å². The molecule has 180 valence electrons. The molecule has 0 radical (unpaired) electrons. The molecule has 1 aliphatic rings. The molecule has 1 aliphatic heterocycles. The molecule has 2 N–H and O–H groups in total. The van der Waals surface area contributed by atoms with E-state index in [4.69, 9.17) is 0 Å². The number of unbranched alkanes of at least 4 members (excludes halogenated alkanes) is 1. The quantitative estimate of drug-likeness (QED) is 0.612. The SMILES string of the molecule is CCCCN(C)C(=O)c1ccc(N2CCNCC2)c(NS(=O)(=O)c2cc(C)c(C)cc2C)c1. The van der Waals surface area contributed by atoms with Crippen molar-refractivity contribution >= 4 is 27.3 Å². The first-order chi connectivity index (χ1) is 15.6. The first kappa shape index (κ1) is 25.1. The zero-order chi connectivity index (χ0) is 24.2. The molecule has 8 heteroatoms. The molecule has 1 fully saturated rings. The molecule has 3 rings (SSSR count). The Labute approximate surface area is 198 Å². The first-order valence-electron chi connectivity index (χ1n) is 11.6. The number of nitrogens with one attached hydrogen (secondary N) is 2. The minimum atomic E-state index is -3.84. The lowest BCUT2D eigenvalue weighted by Crippen LogP contribution is -2.43. The van der Waals surface area contributed by atoms with Gasteiger partial charge in [0.2, 0.25) is 0 Å². The van der Waals surface area contributed by atoms with Crippen LogP contribution in [-0.4, -0.2) is 59.0 Å². The summed E-state index contributed by atoms with van der Waals surface area (Å²) in [5, 5.41) is 3.32. The van der Waals surface area contributed by atoms with E-state index in [2.05, 4.69) is 21.9 Å². The first-order valence-corrected chi connectivity index (χ1v) is 13.1. The van der Waals surface area contributed by atoms with Crippen LogP contribution in [0.15, 0.2) is 35.2 Å². The highest BCUT2D eigenvalue weighted by Crippen LogP contribution is 2.31. The fraction of sp³-hybridized carbons (Fsp3) is 0.480. The summed E-state index contributed by atoms with van der Waals surface area (Å²) in [6, 6.07) is 8.93. The molecule has 0 unspecified atom stereocenters. The van der Waals surface area contributed by atoms with E-state index in [1.165, 1.54) is 0 Å². The number of hydrogen-bond donors (Lipinski definition) is 2. The fourth-order valence-corrected chi connectivity index (χ4v) is 5.45. The Morgan fingerprint density at radius 2 is 1.73 bits per heavy atom. The second-order valence-electron chi connectivity index (χ2n) is 8.86.